The van der Waals surface area contributed by atoms with E-state index in [1.807, 2.05) is 54.6 Å². The number of pyridine rings is 1. The maximum Gasteiger partial charge on any atom is 0.408 e. The Hall–Kier alpha value is -3.95. The van der Waals surface area contributed by atoms with Gasteiger partial charge in [-0.15, -0.1) is 11.3 Å². The molecule has 2 N–H and O–H groups in total. The number of imidazole rings is 1. The molecule has 0 spiro atoms. The average molecular weight is 574 g/mol. The molecule has 1 amide bonds. The molecule has 0 radical (unpaired) electrons. The maximum absolute atomic E-state index is 13.0. The number of aliphatic carboxylic acids is 1. The molecule has 184 valence electrons. The number of amides is 1. The molecule has 9 heteroatoms. The van der Waals surface area contributed by atoms with Crippen molar-refractivity contribution in [2.24, 2.45) is 0 Å². The summed E-state index contributed by atoms with van der Waals surface area (Å²) in [4.78, 5) is 30.9. The van der Waals surface area contributed by atoms with E-state index >= 15 is 0 Å². The highest BCUT2D eigenvalue weighted by Crippen LogP contribution is 2.44. The van der Waals surface area contributed by atoms with Crippen LogP contribution in [0.15, 0.2) is 88.8 Å². The number of nitrogens with one attached hydrogen (secondary N) is 1. The Kier molecular flexibility index (Phi) is 6.02. The number of halogens is 1. The average Bonchev–Trinajstić information content (AvgIpc) is 3.59. The van der Waals surface area contributed by atoms with E-state index in [2.05, 4.69) is 38.4 Å². The SMILES string of the molecule is O=C(NC(C(=O)O)c1c(-c2ccc(Br)s2)nc2ccccn12)OCC1c2ccccc2-c2ccccc21. The molecular formula is C28H20BrN3O4S. The summed E-state index contributed by atoms with van der Waals surface area (Å²) >= 11 is 4.89. The molecule has 6 rings (SSSR count). The quantitative estimate of drug-likeness (QED) is 0.242. The maximum atomic E-state index is 13.0. The van der Waals surface area contributed by atoms with E-state index in [9.17, 15) is 14.7 Å². The number of thiophene rings is 1. The molecule has 3 heterocycles. The number of rotatable bonds is 6. The molecule has 37 heavy (non-hydrogen) atoms. The number of carbonyl (C=O) groups excluding carboxylic acids is 1. The lowest BCUT2D eigenvalue weighted by Crippen LogP contribution is -2.35. The number of benzene rings is 2. The number of carbonyl (C=O) groups is 2. The lowest BCUT2D eigenvalue weighted by molar-refractivity contribution is -0.139. The van der Waals surface area contributed by atoms with Crippen LogP contribution in [0.2, 0.25) is 0 Å². The first kappa shape index (κ1) is 23.4. The van der Waals surface area contributed by atoms with Crippen LogP contribution < -0.4 is 5.32 Å². The van der Waals surface area contributed by atoms with E-state index in [0.29, 0.717) is 17.0 Å². The van der Waals surface area contributed by atoms with Crippen molar-refractivity contribution in [2.75, 3.05) is 6.61 Å². The minimum atomic E-state index is -1.37. The highest BCUT2D eigenvalue weighted by atomic mass is 79.9. The van der Waals surface area contributed by atoms with Crippen molar-refractivity contribution in [3.05, 3.63) is 106 Å². The molecule has 0 saturated heterocycles. The minimum Gasteiger partial charge on any atom is -0.479 e. The van der Waals surface area contributed by atoms with Gasteiger partial charge in [0.25, 0.3) is 0 Å². The van der Waals surface area contributed by atoms with Crippen LogP contribution in [0.4, 0.5) is 4.79 Å². The van der Waals surface area contributed by atoms with E-state index in [4.69, 9.17) is 4.74 Å². The summed E-state index contributed by atoms with van der Waals surface area (Å²) in [6, 6.07) is 23.9. The van der Waals surface area contributed by atoms with Crippen LogP contribution in [-0.2, 0) is 9.53 Å². The second-order valence-electron chi connectivity index (χ2n) is 8.62. The van der Waals surface area contributed by atoms with E-state index in [1.165, 1.54) is 11.3 Å². The summed E-state index contributed by atoms with van der Waals surface area (Å²) in [5, 5.41) is 12.7. The molecule has 0 fully saturated rings. The first-order chi connectivity index (χ1) is 18.0. The Morgan fingerprint density at radius 2 is 1.68 bits per heavy atom. The normalized spacial score (nSPS) is 13.2. The zero-order valence-electron chi connectivity index (χ0n) is 19.3. The smallest absolute Gasteiger partial charge is 0.408 e. The van der Waals surface area contributed by atoms with Crippen LogP contribution in [0, 0.1) is 0 Å². The highest BCUT2D eigenvalue weighted by molar-refractivity contribution is 9.11. The molecule has 0 aliphatic heterocycles. The number of carboxylic acids is 1. The van der Waals surface area contributed by atoms with Crippen molar-refractivity contribution in [1.29, 1.82) is 0 Å². The van der Waals surface area contributed by atoms with Crippen molar-refractivity contribution in [2.45, 2.75) is 12.0 Å². The fourth-order valence-electron chi connectivity index (χ4n) is 4.92. The number of fused-ring (bicyclic) bond motifs is 4. The third-order valence-corrected chi connectivity index (χ3v) is 8.13. The predicted octanol–water partition coefficient (Wildman–Crippen LogP) is 6.49. The number of alkyl carbamates (subject to hydrolysis) is 1. The molecule has 7 nitrogen and oxygen atoms in total. The summed E-state index contributed by atoms with van der Waals surface area (Å²) in [5.41, 5.74) is 5.83. The fraction of sp³-hybridized carbons (Fsp3) is 0.107. The van der Waals surface area contributed by atoms with Gasteiger partial charge >= 0.3 is 12.1 Å². The number of carboxylic acid groups (broad SMARTS) is 1. The largest absolute Gasteiger partial charge is 0.479 e. The van der Waals surface area contributed by atoms with E-state index < -0.39 is 18.1 Å². The third-order valence-electron chi connectivity index (χ3n) is 6.50. The van der Waals surface area contributed by atoms with Gasteiger partial charge in [-0.25, -0.2) is 14.6 Å². The number of hydrogen-bond donors (Lipinski definition) is 2. The summed E-state index contributed by atoms with van der Waals surface area (Å²) in [5.74, 6) is -1.34. The van der Waals surface area contributed by atoms with E-state index in [0.717, 1.165) is 30.9 Å². The Morgan fingerprint density at radius 3 is 2.32 bits per heavy atom. The minimum absolute atomic E-state index is 0.0874. The van der Waals surface area contributed by atoms with Gasteiger partial charge in [-0.1, -0.05) is 54.6 Å². The molecule has 3 aromatic heterocycles. The van der Waals surface area contributed by atoms with Gasteiger partial charge in [-0.3, -0.25) is 0 Å². The molecule has 2 aromatic carbocycles. The highest BCUT2D eigenvalue weighted by Gasteiger charge is 2.33. The second kappa shape index (κ2) is 9.49. The van der Waals surface area contributed by atoms with Gasteiger partial charge in [0.1, 0.15) is 17.9 Å². The summed E-state index contributed by atoms with van der Waals surface area (Å²) in [6.45, 7) is 0.0874. The Labute approximate surface area is 224 Å². The molecule has 0 bridgehead atoms. The molecule has 1 aliphatic carbocycles. The van der Waals surface area contributed by atoms with Crippen LogP contribution in [0.3, 0.4) is 0 Å². The lowest BCUT2D eigenvalue weighted by atomic mass is 9.98. The zero-order chi connectivity index (χ0) is 25.5. The van der Waals surface area contributed by atoms with Crippen LogP contribution in [-0.4, -0.2) is 33.2 Å². The van der Waals surface area contributed by atoms with E-state index in [1.54, 1.807) is 22.7 Å². The number of nitrogens with zero attached hydrogens (tertiary/aromatic N) is 2. The van der Waals surface area contributed by atoms with Crippen molar-refractivity contribution >= 4 is 45.0 Å². The first-order valence-corrected chi connectivity index (χ1v) is 13.2. The number of ether oxygens (including phenoxy) is 1. The van der Waals surface area contributed by atoms with Gasteiger partial charge in [0, 0.05) is 12.1 Å². The Balaban J connectivity index is 1.29. The van der Waals surface area contributed by atoms with Crippen LogP contribution >= 0.6 is 27.3 Å². The number of hydrogen-bond acceptors (Lipinski definition) is 5. The third kappa shape index (κ3) is 4.20. The second-order valence-corrected chi connectivity index (χ2v) is 11.1. The van der Waals surface area contributed by atoms with E-state index in [-0.39, 0.29) is 12.5 Å². The summed E-state index contributed by atoms with van der Waals surface area (Å²) in [6.07, 6.45) is 0.928. The van der Waals surface area contributed by atoms with Gasteiger partial charge in [-0.2, -0.15) is 0 Å². The molecule has 1 unspecified atom stereocenters. The van der Waals surface area contributed by atoms with Crippen molar-refractivity contribution in [3.8, 4) is 21.7 Å². The molecule has 1 aliphatic rings. The number of aromatic nitrogens is 2. The topological polar surface area (TPSA) is 92.9 Å². The zero-order valence-corrected chi connectivity index (χ0v) is 21.7. The van der Waals surface area contributed by atoms with Crippen molar-refractivity contribution < 1.29 is 19.4 Å². The van der Waals surface area contributed by atoms with Gasteiger partial charge in [-0.05, 0) is 62.4 Å². The van der Waals surface area contributed by atoms with Crippen molar-refractivity contribution in [1.82, 2.24) is 14.7 Å². The molecular weight excluding hydrogens is 554 g/mol. The first-order valence-electron chi connectivity index (χ1n) is 11.6. The standard InChI is InChI=1S/C28H20BrN3O4S/c29-22-13-12-21(37-22)24-26(32-14-6-5-11-23(32)30-24)25(27(33)34)31-28(35)36-15-20-18-9-3-1-7-16(18)17-8-2-4-10-19(17)20/h1-14,20,25H,15H2,(H,31,35)(H,33,34). The summed E-state index contributed by atoms with van der Waals surface area (Å²) < 4.78 is 8.21. The Morgan fingerprint density at radius 1 is 1.00 bits per heavy atom. The van der Waals surface area contributed by atoms with Gasteiger partial charge < -0.3 is 19.6 Å². The van der Waals surface area contributed by atoms with Crippen LogP contribution in [0.25, 0.3) is 27.3 Å². The molecule has 1 atom stereocenters. The Bertz CT molecular complexity index is 1610. The molecule has 5 aromatic rings. The van der Waals surface area contributed by atoms with Gasteiger partial charge in [0.05, 0.1) is 14.4 Å². The lowest BCUT2D eigenvalue weighted by Gasteiger charge is -2.18. The monoisotopic (exact) mass is 573 g/mol. The fourth-order valence-corrected chi connectivity index (χ4v) is 6.30. The predicted molar refractivity (Wildman–Crippen MR) is 145 cm³/mol. The van der Waals surface area contributed by atoms with Crippen LogP contribution in [0.5, 0.6) is 0 Å². The van der Waals surface area contributed by atoms with Crippen LogP contribution in [0.1, 0.15) is 28.8 Å². The summed E-state index contributed by atoms with van der Waals surface area (Å²) in [7, 11) is 0. The van der Waals surface area contributed by atoms with Gasteiger partial charge in [0.15, 0.2) is 6.04 Å². The molecule has 0 saturated carbocycles. The van der Waals surface area contributed by atoms with Crippen molar-refractivity contribution in [3.63, 3.8) is 0 Å². The van der Waals surface area contributed by atoms with Gasteiger partial charge in [0.2, 0.25) is 0 Å².